The van der Waals surface area contributed by atoms with Gasteiger partial charge in [0.15, 0.2) is 5.78 Å². The largest absolute Gasteiger partial charge is 0.393 e. The van der Waals surface area contributed by atoms with E-state index in [9.17, 15) is 9.90 Å². The molecule has 0 aromatic carbocycles. The normalized spacial score (nSPS) is 50.3. The molecular formula is C30H50N2O3. The molecule has 6 fully saturated rings. The van der Waals surface area contributed by atoms with Crippen LogP contribution in [0.2, 0.25) is 0 Å². The second-order valence-corrected chi connectivity index (χ2v) is 14.4. The lowest BCUT2D eigenvalue weighted by Crippen LogP contribution is -2.57. The van der Waals surface area contributed by atoms with Crippen molar-refractivity contribution in [3.8, 4) is 0 Å². The number of fused-ring (bicyclic) bond motifs is 5. The number of nitrogens with one attached hydrogen (secondary N) is 1. The van der Waals surface area contributed by atoms with Crippen LogP contribution < -0.4 is 5.43 Å². The summed E-state index contributed by atoms with van der Waals surface area (Å²) < 4.78 is 5.89. The summed E-state index contributed by atoms with van der Waals surface area (Å²) in [6.45, 7) is 8.44. The molecule has 198 valence electrons. The van der Waals surface area contributed by atoms with Crippen molar-refractivity contribution in [2.75, 3.05) is 33.4 Å². The van der Waals surface area contributed by atoms with Crippen LogP contribution in [0.4, 0.5) is 0 Å². The molecule has 0 spiro atoms. The number of methoxy groups -OCH3 is 1. The van der Waals surface area contributed by atoms with Gasteiger partial charge in [-0.2, -0.15) is 0 Å². The van der Waals surface area contributed by atoms with Gasteiger partial charge in [-0.3, -0.25) is 10.2 Å². The molecule has 1 heterocycles. The maximum absolute atomic E-state index is 13.8. The lowest BCUT2D eigenvalue weighted by atomic mass is 9.44. The zero-order chi connectivity index (χ0) is 24.4. The minimum absolute atomic E-state index is 0.116. The van der Waals surface area contributed by atoms with E-state index in [1.54, 1.807) is 0 Å². The number of aliphatic hydroxyl groups excluding tert-OH is 1. The zero-order valence-corrected chi connectivity index (χ0v) is 22.6. The van der Waals surface area contributed by atoms with Gasteiger partial charge in [-0.25, -0.2) is 5.01 Å². The molecule has 35 heavy (non-hydrogen) atoms. The molecule has 2 unspecified atom stereocenters. The van der Waals surface area contributed by atoms with E-state index in [1.165, 1.54) is 51.4 Å². The average molecular weight is 487 g/mol. The zero-order valence-electron chi connectivity index (χ0n) is 22.6. The van der Waals surface area contributed by atoms with Crippen LogP contribution in [-0.2, 0) is 9.53 Å². The van der Waals surface area contributed by atoms with Gasteiger partial charge in [0.05, 0.1) is 19.3 Å². The molecule has 5 nitrogen and oxygen atoms in total. The van der Waals surface area contributed by atoms with Crippen molar-refractivity contribution in [1.29, 1.82) is 0 Å². The van der Waals surface area contributed by atoms with Gasteiger partial charge in [0.1, 0.15) is 0 Å². The number of hydrogen-bond donors (Lipinski definition) is 2. The molecule has 6 rings (SSSR count). The Kier molecular flexibility index (Phi) is 6.43. The molecule has 0 radical (unpaired) electrons. The third kappa shape index (κ3) is 3.89. The van der Waals surface area contributed by atoms with Gasteiger partial charge in [-0.1, -0.05) is 20.3 Å². The summed E-state index contributed by atoms with van der Waals surface area (Å²) in [4.78, 5) is 13.8. The van der Waals surface area contributed by atoms with Crippen molar-refractivity contribution in [2.24, 2.45) is 51.8 Å². The molecular weight excluding hydrogens is 436 g/mol. The molecule has 6 aliphatic rings. The summed E-state index contributed by atoms with van der Waals surface area (Å²) in [6, 6.07) is 0. The molecule has 2 N–H and O–H groups in total. The Hall–Kier alpha value is -0.490. The summed E-state index contributed by atoms with van der Waals surface area (Å²) in [5, 5.41) is 12.7. The van der Waals surface area contributed by atoms with Crippen LogP contribution in [0.15, 0.2) is 0 Å². The number of carbonyl (C=O) groups is 1. The SMILES string of the molecule is COC[C@]12CC[C@@H](O)C[C@@H]1CC[C@@H]1C2CC[C@]2(C)[C@@H](C(=O)CN3CC(C)(C4CCC4)CN3)CC[C@@H]12. The van der Waals surface area contributed by atoms with Gasteiger partial charge >= 0.3 is 0 Å². The fourth-order valence-electron chi connectivity index (χ4n) is 10.7. The highest BCUT2D eigenvalue weighted by atomic mass is 16.5. The Balaban J connectivity index is 1.15. The number of ketones is 1. The van der Waals surface area contributed by atoms with Gasteiger partial charge in [-0.05, 0) is 116 Å². The molecule has 0 aromatic rings. The minimum Gasteiger partial charge on any atom is -0.393 e. The number of rotatable bonds is 6. The number of carbonyl (C=O) groups excluding carboxylic acids is 1. The van der Waals surface area contributed by atoms with E-state index in [0.717, 1.165) is 57.2 Å². The van der Waals surface area contributed by atoms with Gasteiger partial charge in [0.2, 0.25) is 0 Å². The van der Waals surface area contributed by atoms with Gasteiger partial charge in [0.25, 0.3) is 0 Å². The first-order chi connectivity index (χ1) is 16.8. The van der Waals surface area contributed by atoms with Crippen molar-refractivity contribution >= 4 is 5.78 Å². The summed E-state index contributed by atoms with van der Waals surface area (Å²) in [7, 11) is 1.88. The highest BCUT2D eigenvalue weighted by Gasteiger charge is 2.62. The van der Waals surface area contributed by atoms with Crippen molar-refractivity contribution in [2.45, 2.75) is 97.0 Å². The Morgan fingerprint density at radius 1 is 1.00 bits per heavy atom. The maximum atomic E-state index is 13.8. The van der Waals surface area contributed by atoms with E-state index < -0.39 is 0 Å². The van der Waals surface area contributed by atoms with E-state index in [-0.39, 0.29) is 22.9 Å². The number of hydrogen-bond acceptors (Lipinski definition) is 5. The Labute approximate surface area is 213 Å². The van der Waals surface area contributed by atoms with Crippen LogP contribution in [0.5, 0.6) is 0 Å². The van der Waals surface area contributed by atoms with Crippen molar-refractivity contribution in [1.82, 2.24) is 10.4 Å². The third-order valence-corrected chi connectivity index (χ3v) is 12.8. The molecule has 0 aromatic heterocycles. The van der Waals surface area contributed by atoms with Crippen LogP contribution in [0, 0.1) is 51.8 Å². The van der Waals surface area contributed by atoms with Gasteiger partial charge < -0.3 is 9.84 Å². The van der Waals surface area contributed by atoms with Crippen molar-refractivity contribution in [3.63, 3.8) is 0 Å². The monoisotopic (exact) mass is 486 g/mol. The minimum atomic E-state index is -0.116. The van der Waals surface area contributed by atoms with Crippen LogP contribution in [-0.4, -0.2) is 55.4 Å². The molecule has 9 atom stereocenters. The van der Waals surface area contributed by atoms with E-state index >= 15 is 0 Å². The number of Topliss-reactive ketones (excluding diaryl/α,β-unsaturated/α-hetero) is 1. The highest BCUT2D eigenvalue weighted by molar-refractivity contribution is 5.84. The molecule has 5 heteroatoms. The van der Waals surface area contributed by atoms with E-state index in [4.69, 9.17) is 4.74 Å². The van der Waals surface area contributed by atoms with E-state index in [0.29, 0.717) is 35.5 Å². The second kappa shape index (κ2) is 9.06. The molecule has 1 aliphatic heterocycles. The Bertz CT molecular complexity index is 815. The topological polar surface area (TPSA) is 61.8 Å². The smallest absolute Gasteiger partial charge is 0.151 e. The first kappa shape index (κ1) is 24.8. The summed E-state index contributed by atoms with van der Waals surface area (Å²) in [5.41, 5.74) is 4.39. The Morgan fingerprint density at radius 2 is 1.83 bits per heavy atom. The number of ether oxygens (including phenoxy) is 1. The number of nitrogens with zero attached hydrogens (tertiary/aromatic N) is 1. The van der Waals surface area contributed by atoms with E-state index in [2.05, 4.69) is 24.3 Å². The molecule has 0 bridgehead atoms. The molecule has 5 saturated carbocycles. The fourth-order valence-corrected chi connectivity index (χ4v) is 10.7. The van der Waals surface area contributed by atoms with Crippen LogP contribution >= 0.6 is 0 Å². The predicted molar refractivity (Wildman–Crippen MR) is 137 cm³/mol. The molecule has 1 saturated heterocycles. The molecule has 5 aliphatic carbocycles. The van der Waals surface area contributed by atoms with E-state index in [1.807, 2.05) is 7.11 Å². The van der Waals surface area contributed by atoms with Crippen molar-refractivity contribution < 1.29 is 14.6 Å². The second-order valence-electron chi connectivity index (χ2n) is 14.4. The van der Waals surface area contributed by atoms with Crippen LogP contribution in [0.25, 0.3) is 0 Å². The number of aliphatic hydroxyl groups is 1. The lowest BCUT2D eigenvalue weighted by Gasteiger charge is -2.61. The standard InChI is InChI=1S/C30H50N2O3/c1-28(20-5-4-6-20)17-31-32(18-28)16-27(34)26-10-9-24-23-8-7-21-15-22(33)11-14-30(21,19-35-3)25(23)12-13-29(24,26)2/h20-26,31,33H,4-19H2,1-3H3/t21-,22+,23-,24-,25?,26+,28?,29-,30+/m0/s1. The molecule has 0 amide bonds. The fraction of sp³-hybridized carbons (Fsp3) is 0.967. The van der Waals surface area contributed by atoms with Gasteiger partial charge in [-0.15, -0.1) is 0 Å². The first-order valence-electron chi connectivity index (χ1n) is 15.0. The first-order valence-corrected chi connectivity index (χ1v) is 15.0. The summed E-state index contributed by atoms with van der Waals surface area (Å²) >= 11 is 0. The van der Waals surface area contributed by atoms with Crippen molar-refractivity contribution in [3.05, 3.63) is 0 Å². The predicted octanol–water partition coefficient (Wildman–Crippen LogP) is 4.83. The van der Waals surface area contributed by atoms with Crippen LogP contribution in [0.1, 0.15) is 90.9 Å². The summed E-state index contributed by atoms with van der Waals surface area (Å²) in [6.07, 6.45) is 14.4. The number of hydrazine groups is 1. The lowest BCUT2D eigenvalue weighted by molar-refractivity contribution is -0.161. The Morgan fingerprint density at radius 3 is 2.57 bits per heavy atom. The van der Waals surface area contributed by atoms with Crippen LogP contribution in [0.3, 0.4) is 0 Å². The van der Waals surface area contributed by atoms with Gasteiger partial charge in [0, 0.05) is 26.1 Å². The summed E-state index contributed by atoms with van der Waals surface area (Å²) in [5.74, 6) is 4.32. The highest BCUT2D eigenvalue weighted by Crippen LogP contribution is 2.67. The maximum Gasteiger partial charge on any atom is 0.151 e. The third-order valence-electron chi connectivity index (χ3n) is 12.8. The average Bonchev–Trinajstić information content (AvgIpc) is 3.32. The quantitative estimate of drug-likeness (QED) is 0.563.